The van der Waals surface area contributed by atoms with Crippen molar-refractivity contribution in [3.05, 3.63) is 23.3 Å². The van der Waals surface area contributed by atoms with Crippen molar-refractivity contribution in [2.75, 3.05) is 6.61 Å². The van der Waals surface area contributed by atoms with Gasteiger partial charge in [-0.25, -0.2) is 4.98 Å². The highest BCUT2D eigenvalue weighted by molar-refractivity contribution is 5.54. The Bertz CT molecular complexity index is 530. The molecule has 0 bridgehead atoms. The lowest BCUT2D eigenvalue weighted by Crippen LogP contribution is -2.16. The minimum atomic E-state index is 0.202. The van der Waals surface area contributed by atoms with E-state index in [0.29, 0.717) is 11.6 Å². The Balaban J connectivity index is 1.96. The van der Waals surface area contributed by atoms with Crippen molar-refractivity contribution in [3.8, 4) is 11.6 Å². The van der Waals surface area contributed by atoms with Crippen LogP contribution in [0.25, 0.3) is 11.6 Å². The van der Waals surface area contributed by atoms with Crippen molar-refractivity contribution in [2.24, 2.45) is 5.92 Å². The first-order chi connectivity index (χ1) is 8.28. The van der Waals surface area contributed by atoms with Crippen molar-refractivity contribution in [1.29, 1.82) is 0 Å². The van der Waals surface area contributed by atoms with Crippen LogP contribution in [0.2, 0.25) is 0 Å². The summed E-state index contributed by atoms with van der Waals surface area (Å²) in [4.78, 5) is 4.26. The summed E-state index contributed by atoms with van der Waals surface area (Å²) in [5.41, 5.74) is 2.63. The van der Waals surface area contributed by atoms with Gasteiger partial charge < -0.3 is 14.0 Å². The lowest BCUT2D eigenvalue weighted by molar-refractivity contribution is 0.202. The predicted molar refractivity (Wildman–Crippen MR) is 59.3 cm³/mol. The Morgan fingerprint density at radius 2 is 2.41 bits per heavy atom. The number of hydrogen-bond donors (Lipinski definition) is 1. The van der Waals surface area contributed by atoms with Crippen molar-refractivity contribution in [2.45, 2.75) is 26.2 Å². The molecule has 5 heteroatoms. The van der Waals surface area contributed by atoms with Gasteiger partial charge in [-0.2, -0.15) is 0 Å². The van der Waals surface area contributed by atoms with Gasteiger partial charge in [-0.05, 0) is 25.7 Å². The number of aryl methyl sites for hydroxylation is 1. The Labute approximate surface area is 98.4 Å². The summed E-state index contributed by atoms with van der Waals surface area (Å²) in [7, 11) is 0. The average Bonchev–Trinajstić information content (AvgIpc) is 2.93. The maximum Gasteiger partial charge on any atom is 0.249 e. The molecule has 2 aromatic rings. The van der Waals surface area contributed by atoms with E-state index in [4.69, 9.17) is 14.0 Å². The molecule has 0 saturated carbocycles. The molecular weight excluding hydrogens is 220 g/mol. The van der Waals surface area contributed by atoms with Crippen LogP contribution in [0.1, 0.15) is 23.4 Å². The Morgan fingerprint density at radius 3 is 3.12 bits per heavy atom. The number of aromatic nitrogens is 2. The van der Waals surface area contributed by atoms with E-state index in [2.05, 4.69) is 10.1 Å². The van der Waals surface area contributed by atoms with Crippen molar-refractivity contribution >= 4 is 0 Å². The Hall–Kier alpha value is -1.62. The van der Waals surface area contributed by atoms with Crippen LogP contribution < -0.4 is 0 Å². The third-order valence-electron chi connectivity index (χ3n) is 3.23. The maximum absolute atomic E-state index is 9.15. The van der Waals surface area contributed by atoms with Crippen LogP contribution in [0.15, 0.2) is 15.2 Å². The lowest BCUT2D eigenvalue weighted by Gasteiger charge is -2.17. The Morgan fingerprint density at radius 1 is 1.53 bits per heavy atom. The second kappa shape index (κ2) is 4.00. The molecular formula is C12H14N2O3. The molecule has 1 aliphatic carbocycles. The predicted octanol–water partition coefficient (Wildman–Crippen LogP) is 1.74. The third-order valence-corrected chi connectivity index (χ3v) is 3.23. The monoisotopic (exact) mass is 234 g/mol. The van der Waals surface area contributed by atoms with E-state index < -0.39 is 0 Å². The fraction of sp³-hybridized carbons (Fsp3) is 0.500. The largest absolute Gasteiger partial charge is 0.443 e. The first-order valence-corrected chi connectivity index (χ1v) is 5.78. The molecule has 0 saturated heterocycles. The Kier molecular flexibility index (Phi) is 2.48. The average molecular weight is 234 g/mol. The molecule has 2 aromatic heterocycles. The maximum atomic E-state index is 9.15. The number of fused-ring (bicyclic) bond motifs is 1. The van der Waals surface area contributed by atoms with E-state index in [1.165, 1.54) is 0 Å². The van der Waals surface area contributed by atoms with Crippen LogP contribution in [-0.2, 0) is 12.8 Å². The highest BCUT2D eigenvalue weighted by Crippen LogP contribution is 2.32. The highest BCUT2D eigenvalue weighted by Gasteiger charge is 2.27. The summed E-state index contributed by atoms with van der Waals surface area (Å²) in [6.45, 7) is 2.08. The molecule has 0 radical (unpaired) electrons. The third kappa shape index (κ3) is 1.76. The summed E-state index contributed by atoms with van der Waals surface area (Å²) in [6.07, 6.45) is 4.17. The smallest absolute Gasteiger partial charge is 0.249 e. The molecule has 0 spiro atoms. The summed E-state index contributed by atoms with van der Waals surface area (Å²) < 4.78 is 10.7. The number of aliphatic hydroxyl groups is 1. The van der Waals surface area contributed by atoms with Crippen LogP contribution >= 0.6 is 0 Å². The van der Waals surface area contributed by atoms with Gasteiger partial charge in [0.1, 0.15) is 12.0 Å². The van der Waals surface area contributed by atoms with Crippen LogP contribution in [0.4, 0.5) is 0 Å². The number of hydrogen-bond acceptors (Lipinski definition) is 5. The normalized spacial score (nSPS) is 19.3. The van der Waals surface area contributed by atoms with E-state index in [-0.39, 0.29) is 12.5 Å². The van der Waals surface area contributed by atoms with Gasteiger partial charge in [0.25, 0.3) is 0 Å². The van der Waals surface area contributed by atoms with Crippen molar-refractivity contribution < 1.29 is 14.0 Å². The fourth-order valence-corrected chi connectivity index (χ4v) is 2.26. The second-order valence-corrected chi connectivity index (χ2v) is 4.52. The van der Waals surface area contributed by atoms with Gasteiger partial charge >= 0.3 is 0 Å². The molecule has 17 heavy (non-hydrogen) atoms. The van der Waals surface area contributed by atoms with Gasteiger partial charge in [-0.1, -0.05) is 5.16 Å². The van der Waals surface area contributed by atoms with Crippen LogP contribution in [0.5, 0.6) is 0 Å². The molecule has 1 atom stereocenters. The van der Waals surface area contributed by atoms with Crippen molar-refractivity contribution in [1.82, 2.24) is 10.1 Å². The van der Waals surface area contributed by atoms with Gasteiger partial charge in [-0.15, -0.1) is 0 Å². The quantitative estimate of drug-likeness (QED) is 0.856. The molecule has 90 valence electrons. The van der Waals surface area contributed by atoms with E-state index in [1.807, 2.05) is 6.92 Å². The zero-order valence-electron chi connectivity index (χ0n) is 9.64. The van der Waals surface area contributed by atoms with E-state index in [9.17, 15) is 0 Å². The highest BCUT2D eigenvalue weighted by atomic mass is 16.5. The lowest BCUT2D eigenvalue weighted by atomic mass is 9.88. The van der Waals surface area contributed by atoms with E-state index in [0.717, 1.165) is 36.3 Å². The van der Waals surface area contributed by atoms with E-state index >= 15 is 0 Å². The molecule has 2 heterocycles. The van der Waals surface area contributed by atoms with Gasteiger partial charge in [0.2, 0.25) is 5.89 Å². The first kappa shape index (κ1) is 10.5. The zero-order chi connectivity index (χ0) is 11.8. The molecule has 3 rings (SSSR count). The number of rotatable bonds is 2. The van der Waals surface area contributed by atoms with Crippen LogP contribution in [-0.4, -0.2) is 21.9 Å². The van der Waals surface area contributed by atoms with Gasteiger partial charge in [0, 0.05) is 18.6 Å². The SMILES string of the molecule is Cc1coc(-c2noc3c2CCC(CO)C3)n1. The molecule has 0 aliphatic heterocycles. The number of aliphatic hydroxyl groups excluding tert-OH is 1. The number of nitrogens with zero attached hydrogens (tertiary/aromatic N) is 2. The molecule has 0 fully saturated rings. The molecule has 1 unspecified atom stereocenters. The van der Waals surface area contributed by atoms with E-state index in [1.54, 1.807) is 6.26 Å². The molecule has 1 aliphatic rings. The van der Waals surface area contributed by atoms with Gasteiger partial charge in [0.15, 0.2) is 5.69 Å². The number of oxazole rings is 1. The minimum absolute atomic E-state index is 0.202. The molecule has 0 amide bonds. The summed E-state index contributed by atoms with van der Waals surface area (Å²) in [5, 5.41) is 13.2. The summed E-state index contributed by atoms with van der Waals surface area (Å²) >= 11 is 0. The second-order valence-electron chi connectivity index (χ2n) is 4.52. The zero-order valence-corrected chi connectivity index (χ0v) is 9.64. The minimum Gasteiger partial charge on any atom is -0.443 e. The van der Waals surface area contributed by atoms with Crippen molar-refractivity contribution in [3.63, 3.8) is 0 Å². The summed E-state index contributed by atoms with van der Waals surface area (Å²) in [5.74, 6) is 1.67. The fourth-order valence-electron chi connectivity index (χ4n) is 2.26. The van der Waals surface area contributed by atoms with Gasteiger partial charge in [-0.3, -0.25) is 0 Å². The first-order valence-electron chi connectivity index (χ1n) is 5.78. The topological polar surface area (TPSA) is 72.3 Å². The van der Waals surface area contributed by atoms with Crippen LogP contribution in [0, 0.1) is 12.8 Å². The molecule has 0 aromatic carbocycles. The summed E-state index contributed by atoms with van der Waals surface area (Å²) in [6, 6.07) is 0. The molecule has 5 nitrogen and oxygen atoms in total. The standard InChI is InChI=1S/C12H14N2O3/c1-7-6-16-12(13-7)11-9-3-2-8(5-15)4-10(9)17-14-11/h6,8,15H,2-5H2,1H3. The van der Waals surface area contributed by atoms with Gasteiger partial charge in [0.05, 0.1) is 5.69 Å². The molecule has 1 N–H and O–H groups in total. The van der Waals surface area contributed by atoms with Crippen LogP contribution in [0.3, 0.4) is 0 Å².